The van der Waals surface area contributed by atoms with Crippen molar-refractivity contribution in [3.63, 3.8) is 0 Å². The summed E-state index contributed by atoms with van der Waals surface area (Å²) in [6, 6.07) is 7.59. The summed E-state index contributed by atoms with van der Waals surface area (Å²) >= 11 is 1.25. The second kappa shape index (κ2) is 13.2. The summed E-state index contributed by atoms with van der Waals surface area (Å²) in [5, 5.41) is 9.46. The fraction of sp³-hybridized carbons (Fsp3) is 0.556. The number of esters is 1. The number of nitrogens with one attached hydrogen (secondary N) is 1. The molecule has 1 aromatic rings. The van der Waals surface area contributed by atoms with E-state index in [9.17, 15) is 9.59 Å². The minimum Gasteiger partial charge on any atom is -0.458 e. The molecule has 0 aliphatic carbocycles. The van der Waals surface area contributed by atoms with Crippen LogP contribution in [-0.4, -0.2) is 47.8 Å². The maximum Gasteiger partial charge on any atom is 0.408 e. The Hall–Kier alpha value is -3.07. The quantitative estimate of drug-likeness (QED) is 0.236. The number of amides is 1. The number of azide groups is 2. The van der Waals surface area contributed by atoms with E-state index in [4.69, 9.17) is 20.5 Å². The Morgan fingerprint density at radius 2 is 1.87 bits per heavy atom. The highest BCUT2D eigenvalue weighted by atomic mass is 32.2. The van der Waals surface area contributed by atoms with E-state index in [0.29, 0.717) is 5.75 Å². The maximum absolute atomic E-state index is 12.5. The van der Waals surface area contributed by atoms with Gasteiger partial charge in [-0.05, 0) is 37.4 Å². The Morgan fingerprint density at radius 1 is 1.17 bits per heavy atom. The summed E-state index contributed by atoms with van der Waals surface area (Å²) in [5.41, 5.74) is 17.1. The minimum absolute atomic E-state index is 0.00277. The summed E-state index contributed by atoms with van der Waals surface area (Å²) in [6.45, 7) is 5.23. The third-order valence-corrected chi connectivity index (χ3v) is 4.55. The zero-order valence-corrected chi connectivity index (χ0v) is 17.9. The van der Waals surface area contributed by atoms with Gasteiger partial charge in [-0.2, -0.15) is 11.8 Å². The zero-order chi connectivity index (χ0) is 22.4. The molecule has 30 heavy (non-hydrogen) atoms. The third kappa shape index (κ3) is 11.1. The SMILES string of the molecule is CC(C)(C)OC(=O)C(CSC[C@@H](CN=[N+]=[N-])N=[N+]=[N-])NC(=O)OCc1ccccc1. The van der Waals surface area contributed by atoms with Crippen LogP contribution in [0.4, 0.5) is 4.79 Å². The average Bonchev–Trinajstić information content (AvgIpc) is 2.69. The molecule has 2 atom stereocenters. The van der Waals surface area contributed by atoms with Crippen LogP contribution in [0.3, 0.4) is 0 Å². The lowest BCUT2D eigenvalue weighted by Gasteiger charge is -2.24. The van der Waals surface area contributed by atoms with Crippen molar-refractivity contribution in [3.8, 4) is 0 Å². The van der Waals surface area contributed by atoms with Gasteiger partial charge >= 0.3 is 12.1 Å². The van der Waals surface area contributed by atoms with E-state index in [0.717, 1.165) is 5.56 Å². The summed E-state index contributed by atoms with van der Waals surface area (Å²) in [4.78, 5) is 30.0. The van der Waals surface area contributed by atoms with E-state index >= 15 is 0 Å². The number of nitrogens with zero attached hydrogens (tertiary/aromatic N) is 6. The van der Waals surface area contributed by atoms with E-state index in [2.05, 4.69) is 25.4 Å². The van der Waals surface area contributed by atoms with E-state index < -0.39 is 29.7 Å². The molecule has 0 spiro atoms. The first-order chi connectivity index (χ1) is 14.2. The van der Waals surface area contributed by atoms with E-state index in [-0.39, 0.29) is 18.9 Å². The molecule has 0 aromatic heterocycles. The number of alkyl carbamates (subject to hydrolysis) is 1. The Bertz CT molecular complexity index is 787. The van der Waals surface area contributed by atoms with Crippen LogP contribution in [0.1, 0.15) is 26.3 Å². The standard InChI is InChI=1S/C18H25N7O4S/c1-18(2,3)29-16(26)15(12-30-11-14(23-25-20)9-21-24-19)22-17(27)28-10-13-7-5-4-6-8-13/h4-8,14-15H,9-12H2,1-3H3,(H,22,27)/t14-,15?/m1/s1. The van der Waals surface area contributed by atoms with Crippen LogP contribution in [0.2, 0.25) is 0 Å². The van der Waals surface area contributed by atoms with Gasteiger partial charge in [-0.3, -0.25) is 0 Å². The van der Waals surface area contributed by atoms with E-state index in [1.165, 1.54) is 11.8 Å². The molecule has 0 radical (unpaired) electrons. The number of ether oxygens (including phenoxy) is 2. The van der Waals surface area contributed by atoms with Crippen molar-refractivity contribution in [2.24, 2.45) is 10.2 Å². The van der Waals surface area contributed by atoms with Crippen LogP contribution in [0.5, 0.6) is 0 Å². The summed E-state index contributed by atoms with van der Waals surface area (Å²) < 4.78 is 10.5. The van der Waals surface area contributed by atoms with Crippen LogP contribution >= 0.6 is 11.8 Å². The molecule has 0 heterocycles. The average molecular weight is 436 g/mol. The van der Waals surface area contributed by atoms with Crippen LogP contribution in [0.15, 0.2) is 40.6 Å². The second-order valence-electron chi connectivity index (χ2n) is 7.10. The molecule has 1 unspecified atom stereocenters. The molecule has 0 bridgehead atoms. The highest BCUT2D eigenvalue weighted by Gasteiger charge is 2.27. The second-order valence-corrected chi connectivity index (χ2v) is 8.18. The molecular formula is C18H25N7O4S. The molecule has 162 valence electrons. The first-order valence-electron chi connectivity index (χ1n) is 9.08. The van der Waals surface area contributed by atoms with Gasteiger partial charge in [0.2, 0.25) is 0 Å². The van der Waals surface area contributed by atoms with Crippen molar-refractivity contribution in [2.75, 3.05) is 18.1 Å². The van der Waals surface area contributed by atoms with Gasteiger partial charge in [0.15, 0.2) is 0 Å². The van der Waals surface area contributed by atoms with Crippen molar-refractivity contribution in [1.82, 2.24) is 5.32 Å². The highest BCUT2D eigenvalue weighted by Crippen LogP contribution is 2.14. The molecule has 0 aliphatic heterocycles. The monoisotopic (exact) mass is 435 g/mol. The van der Waals surface area contributed by atoms with Crippen molar-refractivity contribution >= 4 is 23.8 Å². The van der Waals surface area contributed by atoms with Gasteiger partial charge in [-0.25, -0.2) is 9.59 Å². The number of hydrogen-bond acceptors (Lipinski definition) is 7. The number of benzene rings is 1. The fourth-order valence-corrected chi connectivity index (χ4v) is 3.13. The third-order valence-electron chi connectivity index (χ3n) is 3.36. The molecule has 0 fully saturated rings. The van der Waals surface area contributed by atoms with Crippen LogP contribution in [0, 0.1) is 0 Å². The molecular weight excluding hydrogens is 410 g/mol. The number of thioether (sulfide) groups is 1. The molecule has 1 aromatic carbocycles. The van der Waals surface area contributed by atoms with Crippen molar-refractivity contribution in [3.05, 3.63) is 56.8 Å². The molecule has 0 aliphatic rings. The molecule has 0 saturated carbocycles. The summed E-state index contributed by atoms with van der Waals surface area (Å²) in [5.74, 6) is -0.159. The Labute approximate surface area is 178 Å². The van der Waals surface area contributed by atoms with Crippen LogP contribution in [0.25, 0.3) is 20.9 Å². The normalized spacial score (nSPS) is 12.5. The van der Waals surface area contributed by atoms with Gasteiger partial charge in [0.25, 0.3) is 0 Å². The number of carbonyl (C=O) groups excluding carboxylic acids is 2. The molecule has 1 rings (SSSR count). The summed E-state index contributed by atoms with van der Waals surface area (Å²) in [7, 11) is 0. The first kappa shape index (κ1) is 25.0. The number of carbonyl (C=O) groups is 2. The minimum atomic E-state index is -0.969. The van der Waals surface area contributed by atoms with Gasteiger partial charge in [-0.15, -0.1) is 0 Å². The topological polar surface area (TPSA) is 162 Å². The van der Waals surface area contributed by atoms with Gasteiger partial charge < -0.3 is 14.8 Å². The summed E-state index contributed by atoms with van der Waals surface area (Å²) in [6.07, 6.45) is -0.754. The molecule has 11 nitrogen and oxygen atoms in total. The lowest BCUT2D eigenvalue weighted by atomic mass is 10.2. The van der Waals surface area contributed by atoms with Crippen molar-refractivity contribution < 1.29 is 19.1 Å². The smallest absolute Gasteiger partial charge is 0.408 e. The Morgan fingerprint density at radius 3 is 2.47 bits per heavy atom. The van der Waals surface area contributed by atoms with Crippen molar-refractivity contribution in [2.45, 2.75) is 45.1 Å². The number of rotatable bonds is 11. The number of hydrogen-bond donors (Lipinski definition) is 1. The van der Waals surface area contributed by atoms with Crippen LogP contribution < -0.4 is 5.32 Å². The lowest BCUT2D eigenvalue weighted by molar-refractivity contribution is -0.156. The molecule has 1 amide bonds. The Kier molecular flexibility index (Phi) is 11.0. The molecule has 12 heteroatoms. The molecule has 1 N–H and O–H groups in total. The fourth-order valence-electron chi connectivity index (χ4n) is 2.10. The predicted molar refractivity (Wildman–Crippen MR) is 114 cm³/mol. The van der Waals surface area contributed by atoms with Gasteiger partial charge in [0.1, 0.15) is 18.2 Å². The highest BCUT2D eigenvalue weighted by molar-refractivity contribution is 7.99. The van der Waals surface area contributed by atoms with E-state index in [1.54, 1.807) is 20.8 Å². The zero-order valence-electron chi connectivity index (χ0n) is 17.1. The first-order valence-corrected chi connectivity index (χ1v) is 10.2. The predicted octanol–water partition coefficient (Wildman–Crippen LogP) is 4.35. The largest absolute Gasteiger partial charge is 0.458 e. The van der Waals surface area contributed by atoms with Crippen LogP contribution in [-0.2, 0) is 20.9 Å². The van der Waals surface area contributed by atoms with Gasteiger partial charge in [-0.1, -0.05) is 40.6 Å². The van der Waals surface area contributed by atoms with Gasteiger partial charge in [0, 0.05) is 27.9 Å². The van der Waals surface area contributed by atoms with E-state index in [1.807, 2.05) is 30.3 Å². The van der Waals surface area contributed by atoms with Gasteiger partial charge in [0.05, 0.1) is 6.04 Å². The Balaban J connectivity index is 2.68. The maximum atomic E-state index is 12.5. The lowest BCUT2D eigenvalue weighted by Crippen LogP contribution is -2.46. The van der Waals surface area contributed by atoms with Crippen molar-refractivity contribution in [1.29, 1.82) is 0 Å². The molecule has 0 saturated heterocycles.